The highest BCUT2D eigenvalue weighted by Gasteiger charge is 2.27. The molecule has 0 saturated heterocycles. The second-order valence-electron chi connectivity index (χ2n) is 5.14. The molecule has 19 heavy (non-hydrogen) atoms. The average Bonchev–Trinajstić information content (AvgIpc) is 3.10. The molecule has 0 radical (unpaired) electrons. The van der Waals surface area contributed by atoms with Crippen molar-refractivity contribution in [2.45, 2.75) is 44.7 Å². The number of nitrogens with one attached hydrogen (secondary N) is 2. The summed E-state index contributed by atoms with van der Waals surface area (Å²) >= 11 is 0. The first-order valence-corrected chi connectivity index (χ1v) is 7.19. The number of guanidine groups is 1. The van der Waals surface area contributed by atoms with Gasteiger partial charge in [-0.15, -0.1) is 24.0 Å². The van der Waals surface area contributed by atoms with Crippen LogP contribution in [0.4, 0.5) is 0 Å². The van der Waals surface area contributed by atoms with E-state index >= 15 is 0 Å². The maximum atomic E-state index is 4.28. The van der Waals surface area contributed by atoms with E-state index in [1.807, 2.05) is 7.05 Å². The van der Waals surface area contributed by atoms with Crippen molar-refractivity contribution < 1.29 is 0 Å². The topological polar surface area (TPSA) is 39.7 Å². The molecule has 0 aliphatic heterocycles. The van der Waals surface area contributed by atoms with Gasteiger partial charge in [0, 0.05) is 32.2 Å². The molecule has 0 atom stereocenters. The standard InChI is InChI=1S/C14H26N4.HI/c1-3-18(13-8-9-13)11-10-16-14(15-2)17-12-6-4-5-7-12;/h4-5,12-13H,3,6-11H2,1-2H3,(H2,15,16,17);1H. The fourth-order valence-electron chi connectivity index (χ4n) is 2.48. The minimum atomic E-state index is 0. The van der Waals surface area contributed by atoms with E-state index in [1.54, 1.807) is 0 Å². The Morgan fingerprint density at radius 2 is 2.00 bits per heavy atom. The highest BCUT2D eigenvalue weighted by molar-refractivity contribution is 14.0. The third-order valence-corrected chi connectivity index (χ3v) is 3.73. The van der Waals surface area contributed by atoms with Gasteiger partial charge in [-0.25, -0.2) is 0 Å². The van der Waals surface area contributed by atoms with Gasteiger partial charge in [-0.05, 0) is 32.2 Å². The molecular weight excluding hydrogens is 351 g/mol. The summed E-state index contributed by atoms with van der Waals surface area (Å²) in [6.45, 7) is 5.50. The van der Waals surface area contributed by atoms with Gasteiger partial charge in [0.25, 0.3) is 0 Å². The van der Waals surface area contributed by atoms with Crippen LogP contribution in [-0.4, -0.2) is 49.6 Å². The highest BCUT2D eigenvalue weighted by atomic mass is 127. The van der Waals surface area contributed by atoms with Gasteiger partial charge in [-0.2, -0.15) is 0 Å². The minimum Gasteiger partial charge on any atom is -0.355 e. The van der Waals surface area contributed by atoms with Crippen LogP contribution in [0, 0.1) is 0 Å². The third-order valence-electron chi connectivity index (χ3n) is 3.73. The van der Waals surface area contributed by atoms with Crippen molar-refractivity contribution in [3.8, 4) is 0 Å². The second kappa shape index (κ2) is 8.79. The maximum Gasteiger partial charge on any atom is 0.191 e. The number of aliphatic imine (C=N–C) groups is 1. The fraction of sp³-hybridized carbons (Fsp3) is 0.786. The summed E-state index contributed by atoms with van der Waals surface area (Å²) in [7, 11) is 1.84. The zero-order valence-corrected chi connectivity index (χ0v) is 14.4. The Bertz CT molecular complexity index is 305. The third kappa shape index (κ3) is 5.69. The molecule has 5 heteroatoms. The van der Waals surface area contributed by atoms with Crippen LogP contribution >= 0.6 is 24.0 Å². The Balaban J connectivity index is 0.00000180. The Kier molecular flexibility index (Phi) is 7.75. The predicted molar refractivity (Wildman–Crippen MR) is 92.3 cm³/mol. The Morgan fingerprint density at radius 1 is 1.32 bits per heavy atom. The summed E-state index contributed by atoms with van der Waals surface area (Å²) in [4.78, 5) is 6.84. The number of halogens is 1. The van der Waals surface area contributed by atoms with Crippen LogP contribution in [-0.2, 0) is 0 Å². The van der Waals surface area contributed by atoms with Crippen molar-refractivity contribution >= 4 is 29.9 Å². The summed E-state index contributed by atoms with van der Waals surface area (Å²) in [6.07, 6.45) is 9.46. The summed E-state index contributed by atoms with van der Waals surface area (Å²) in [5, 5.41) is 6.87. The van der Waals surface area contributed by atoms with Gasteiger partial charge in [0.05, 0.1) is 0 Å². The summed E-state index contributed by atoms with van der Waals surface area (Å²) in [5.41, 5.74) is 0. The van der Waals surface area contributed by atoms with E-state index in [9.17, 15) is 0 Å². The highest BCUT2D eigenvalue weighted by Crippen LogP contribution is 2.25. The van der Waals surface area contributed by atoms with E-state index in [0.717, 1.165) is 44.5 Å². The lowest BCUT2D eigenvalue weighted by atomic mass is 10.2. The number of rotatable bonds is 6. The van der Waals surface area contributed by atoms with Gasteiger partial charge in [-0.3, -0.25) is 9.89 Å². The zero-order chi connectivity index (χ0) is 12.8. The maximum absolute atomic E-state index is 4.28. The van der Waals surface area contributed by atoms with Crippen LogP contribution in [0.1, 0.15) is 32.6 Å². The molecule has 2 aliphatic rings. The zero-order valence-electron chi connectivity index (χ0n) is 12.1. The lowest BCUT2D eigenvalue weighted by Gasteiger charge is -2.22. The van der Waals surface area contributed by atoms with E-state index in [1.165, 1.54) is 12.8 Å². The smallest absolute Gasteiger partial charge is 0.191 e. The van der Waals surface area contributed by atoms with Gasteiger partial charge in [0.15, 0.2) is 5.96 Å². The normalized spacial score (nSPS) is 19.6. The molecule has 0 aromatic heterocycles. The summed E-state index contributed by atoms with van der Waals surface area (Å²) < 4.78 is 0. The molecule has 1 saturated carbocycles. The average molecular weight is 378 g/mol. The molecule has 0 aromatic carbocycles. The number of hydrogen-bond donors (Lipinski definition) is 2. The Morgan fingerprint density at radius 3 is 2.53 bits per heavy atom. The van der Waals surface area contributed by atoms with E-state index < -0.39 is 0 Å². The Hall–Kier alpha value is -0.300. The lowest BCUT2D eigenvalue weighted by Crippen LogP contribution is -2.45. The first-order chi connectivity index (χ1) is 8.83. The minimum absolute atomic E-state index is 0. The van der Waals surface area contributed by atoms with Crippen molar-refractivity contribution in [1.29, 1.82) is 0 Å². The van der Waals surface area contributed by atoms with E-state index in [4.69, 9.17) is 0 Å². The van der Waals surface area contributed by atoms with Crippen molar-refractivity contribution in [2.75, 3.05) is 26.7 Å². The van der Waals surface area contributed by atoms with Gasteiger partial charge in [-0.1, -0.05) is 19.1 Å². The van der Waals surface area contributed by atoms with Crippen molar-refractivity contribution in [2.24, 2.45) is 4.99 Å². The van der Waals surface area contributed by atoms with Gasteiger partial charge in [0.2, 0.25) is 0 Å². The van der Waals surface area contributed by atoms with Crippen molar-refractivity contribution in [3.63, 3.8) is 0 Å². The van der Waals surface area contributed by atoms with Crippen LogP contribution in [0.2, 0.25) is 0 Å². The van der Waals surface area contributed by atoms with Gasteiger partial charge in [0.1, 0.15) is 0 Å². The van der Waals surface area contributed by atoms with Gasteiger partial charge >= 0.3 is 0 Å². The molecule has 4 nitrogen and oxygen atoms in total. The van der Waals surface area contributed by atoms with Crippen LogP contribution in [0.3, 0.4) is 0 Å². The molecular formula is C14H27IN4. The van der Waals surface area contributed by atoms with E-state index in [0.29, 0.717) is 6.04 Å². The van der Waals surface area contributed by atoms with Crippen LogP contribution in [0.5, 0.6) is 0 Å². The van der Waals surface area contributed by atoms with Crippen LogP contribution in [0.15, 0.2) is 17.1 Å². The quantitative estimate of drug-likeness (QED) is 0.321. The van der Waals surface area contributed by atoms with Gasteiger partial charge < -0.3 is 10.6 Å². The number of nitrogens with zero attached hydrogens (tertiary/aromatic N) is 2. The number of likely N-dealkylation sites (N-methyl/N-ethyl adjacent to an activating group) is 1. The molecule has 2 aliphatic carbocycles. The lowest BCUT2D eigenvalue weighted by molar-refractivity contribution is 0.282. The molecule has 0 spiro atoms. The number of hydrogen-bond acceptors (Lipinski definition) is 2. The van der Waals surface area contributed by atoms with Crippen LogP contribution < -0.4 is 10.6 Å². The SMILES string of the molecule is CCN(CCNC(=NC)NC1CC=CC1)C1CC1.I. The Labute approximate surface area is 134 Å². The first-order valence-electron chi connectivity index (χ1n) is 7.19. The fourth-order valence-corrected chi connectivity index (χ4v) is 2.48. The second-order valence-corrected chi connectivity index (χ2v) is 5.14. The largest absolute Gasteiger partial charge is 0.355 e. The van der Waals surface area contributed by atoms with Crippen molar-refractivity contribution in [1.82, 2.24) is 15.5 Å². The first kappa shape index (κ1) is 16.8. The summed E-state index contributed by atoms with van der Waals surface area (Å²) in [6, 6.07) is 1.38. The molecule has 2 rings (SSSR count). The molecule has 2 N–H and O–H groups in total. The molecule has 0 heterocycles. The van der Waals surface area contributed by atoms with Crippen molar-refractivity contribution in [3.05, 3.63) is 12.2 Å². The summed E-state index contributed by atoms with van der Waals surface area (Å²) in [5.74, 6) is 0.940. The van der Waals surface area contributed by atoms with E-state index in [2.05, 4.69) is 39.6 Å². The molecule has 0 amide bonds. The van der Waals surface area contributed by atoms with E-state index in [-0.39, 0.29) is 24.0 Å². The van der Waals surface area contributed by atoms with Crippen LogP contribution in [0.25, 0.3) is 0 Å². The molecule has 110 valence electrons. The molecule has 0 aromatic rings. The molecule has 1 fully saturated rings. The molecule has 0 bridgehead atoms. The molecule has 0 unspecified atom stereocenters. The predicted octanol–water partition coefficient (Wildman–Crippen LogP) is 1.97. The monoisotopic (exact) mass is 378 g/mol.